The summed E-state index contributed by atoms with van der Waals surface area (Å²) in [6.45, 7) is 0.527. The maximum Gasteiger partial charge on any atom is 0.305 e. The summed E-state index contributed by atoms with van der Waals surface area (Å²) in [5, 5.41) is 13.3. The summed E-state index contributed by atoms with van der Waals surface area (Å²) in [6, 6.07) is 1.82. The molecule has 1 saturated carbocycles. The van der Waals surface area contributed by atoms with E-state index in [9.17, 15) is 14.7 Å². The molecule has 21 heavy (non-hydrogen) atoms. The highest BCUT2D eigenvalue weighted by Gasteiger charge is 2.40. The number of carboxylic acids is 1. The predicted molar refractivity (Wildman–Crippen MR) is 77.7 cm³/mol. The van der Waals surface area contributed by atoms with Crippen LogP contribution in [0.5, 0.6) is 0 Å². The van der Waals surface area contributed by atoms with E-state index in [1.807, 2.05) is 12.3 Å². The summed E-state index contributed by atoms with van der Waals surface area (Å²) >= 11 is 0. The lowest BCUT2D eigenvalue weighted by atomic mass is 9.78. The molecule has 1 aromatic rings. The van der Waals surface area contributed by atoms with Crippen LogP contribution in [0, 0.1) is 0 Å². The molecule has 0 aromatic carbocycles. The monoisotopic (exact) mass is 293 g/mol. The molecule has 1 fully saturated rings. The third-order valence-electron chi connectivity index (χ3n) is 4.46. The molecular weight excluding hydrogens is 270 g/mol. The molecule has 0 radical (unpaired) electrons. The van der Waals surface area contributed by atoms with Gasteiger partial charge in [-0.15, -0.1) is 0 Å². The summed E-state index contributed by atoms with van der Waals surface area (Å²) in [5.41, 5.74) is -0.509. The zero-order valence-corrected chi connectivity index (χ0v) is 12.5. The Balaban J connectivity index is 2.00. The lowest BCUT2D eigenvalue weighted by molar-refractivity contribution is -0.146. The molecule has 6 nitrogen and oxygen atoms in total. The molecule has 2 rings (SSSR count). The number of amides is 1. The summed E-state index contributed by atoms with van der Waals surface area (Å²) < 4.78 is 1.72. The van der Waals surface area contributed by atoms with Crippen molar-refractivity contribution in [2.45, 2.75) is 57.0 Å². The number of nitrogens with zero attached hydrogens (tertiary/aromatic N) is 3. The minimum absolute atomic E-state index is 0.00588. The molecule has 1 aliphatic rings. The molecule has 116 valence electrons. The first-order chi connectivity index (χ1) is 10.0. The molecule has 1 N–H and O–H groups in total. The molecular formula is C15H23N3O3. The van der Waals surface area contributed by atoms with E-state index in [0.717, 1.165) is 32.1 Å². The van der Waals surface area contributed by atoms with E-state index in [1.54, 1.807) is 22.8 Å². The van der Waals surface area contributed by atoms with Gasteiger partial charge in [0.15, 0.2) is 0 Å². The summed E-state index contributed by atoms with van der Waals surface area (Å²) in [6.07, 6.45) is 8.55. The maximum absolute atomic E-state index is 12.4. The van der Waals surface area contributed by atoms with Gasteiger partial charge in [0.25, 0.3) is 0 Å². The van der Waals surface area contributed by atoms with E-state index in [4.69, 9.17) is 0 Å². The lowest BCUT2D eigenvalue weighted by Gasteiger charge is -2.44. The van der Waals surface area contributed by atoms with Crippen LogP contribution in [0.2, 0.25) is 0 Å². The standard InChI is InChI=1S/C15H23N3O3/c1-17(13(19)6-11-18-10-5-9-16-18)15(12-14(20)21)7-3-2-4-8-15/h5,9-10H,2-4,6-8,11-12H2,1H3,(H,20,21). The fourth-order valence-electron chi connectivity index (χ4n) is 3.20. The summed E-state index contributed by atoms with van der Waals surface area (Å²) in [5.74, 6) is -0.836. The number of aryl methyl sites for hydroxylation is 1. The van der Waals surface area contributed by atoms with Crippen molar-refractivity contribution in [1.82, 2.24) is 14.7 Å². The Kier molecular flexibility index (Phi) is 4.98. The Bertz CT molecular complexity index is 478. The van der Waals surface area contributed by atoms with Crippen LogP contribution >= 0.6 is 0 Å². The van der Waals surface area contributed by atoms with Gasteiger partial charge in [0.2, 0.25) is 5.91 Å². The molecule has 0 saturated heterocycles. The fraction of sp³-hybridized carbons (Fsp3) is 0.667. The average molecular weight is 293 g/mol. The minimum atomic E-state index is -0.830. The van der Waals surface area contributed by atoms with Gasteiger partial charge >= 0.3 is 5.97 Å². The highest BCUT2D eigenvalue weighted by Crippen LogP contribution is 2.36. The third-order valence-corrected chi connectivity index (χ3v) is 4.46. The van der Waals surface area contributed by atoms with Crippen LogP contribution in [0.25, 0.3) is 0 Å². The summed E-state index contributed by atoms with van der Waals surface area (Å²) in [4.78, 5) is 25.3. The van der Waals surface area contributed by atoms with E-state index >= 15 is 0 Å². The Morgan fingerprint density at radius 3 is 2.62 bits per heavy atom. The Morgan fingerprint density at radius 2 is 2.05 bits per heavy atom. The average Bonchev–Trinajstić information content (AvgIpc) is 2.97. The Morgan fingerprint density at radius 1 is 1.33 bits per heavy atom. The number of carbonyl (C=O) groups is 2. The summed E-state index contributed by atoms with van der Waals surface area (Å²) in [7, 11) is 1.75. The number of aromatic nitrogens is 2. The van der Waals surface area contributed by atoms with Gasteiger partial charge in [0.05, 0.1) is 12.0 Å². The number of hydrogen-bond donors (Lipinski definition) is 1. The molecule has 0 unspecified atom stereocenters. The second-order valence-electron chi connectivity index (χ2n) is 5.83. The van der Waals surface area contributed by atoms with E-state index in [-0.39, 0.29) is 12.3 Å². The second-order valence-corrected chi connectivity index (χ2v) is 5.83. The largest absolute Gasteiger partial charge is 0.481 e. The third kappa shape index (κ3) is 3.83. The molecule has 1 amide bonds. The quantitative estimate of drug-likeness (QED) is 0.869. The van der Waals surface area contributed by atoms with Crippen molar-refractivity contribution in [3.63, 3.8) is 0 Å². The molecule has 0 bridgehead atoms. The first-order valence-electron chi connectivity index (χ1n) is 7.49. The number of carboxylic acid groups (broad SMARTS) is 1. The van der Waals surface area contributed by atoms with Gasteiger partial charge in [-0.3, -0.25) is 14.3 Å². The van der Waals surface area contributed by atoms with Gasteiger partial charge in [-0.1, -0.05) is 19.3 Å². The van der Waals surface area contributed by atoms with Gasteiger partial charge in [0, 0.05) is 32.4 Å². The van der Waals surface area contributed by atoms with E-state index < -0.39 is 11.5 Å². The first kappa shape index (κ1) is 15.5. The van der Waals surface area contributed by atoms with Crippen LogP contribution in [-0.4, -0.2) is 44.3 Å². The van der Waals surface area contributed by atoms with Crippen LogP contribution in [-0.2, 0) is 16.1 Å². The smallest absolute Gasteiger partial charge is 0.305 e. The SMILES string of the molecule is CN(C(=O)CCn1cccn1)C1(CC(=O)O)CCCCC1. The topological polar surface area (TPSA) is 75.4 Å². The van der Waals surface area contributed by atoms with Crippen molar-refractivity contribution in [1.29, 1.82) is 0 Å². The van der Waals surface area contributed by atoms with Gasteiger partial charge < -0.3 is 10.0 Å². The van der Waals surface area contributed by atoms with Crippen molar-refractivity contribution in [3.8, 4) is 0 Å². The number of aliphatic carboxylic acids is 1. The maximum atomic E-state index is 12.4. The van der Waals surface area contributed by atoms with Crippen LogP contribution in [0.3, 0.4) is 0 Å². The zero-order chi connectivity index (χ0) is 15.3. The second kappa shape index (κ2) is 6.74. The molecule has 0 aliphatic heterocycles. The van der Waals surface area contributed by atoms with E-state index in [1.165, 1.54) is 0 Å². The van der Waals surface area contributed by atoms with Crippen LogP contribution in [0.15, 0.2) is 18.5 Å². The molecule has 0 spiro atoms. The van der Waals surface area contributed by atoms with Gasteiger partial charge in [-0.25, -0.2) is 0 Å². The van der Waals surface area contributed by atoms with Crippen molar-refractivity contribution < 1.29 is 14.7 Å². The number of rotatable bonds is 6. The Hall–Kier alpha value is -1.85. The highest BCUT2D eigenvalue weighted by atomic mass is 16.4. The minimum Gasteiger partial charge on any atom is -0.481 e. The first-order valence-corrected chi connectivity index (χ1v) is 7.49. The lowest BCUT2D eigenvalue weighted by Crippen LogP contribution is -2.52. The van der Waals surface area contributed by atoms with Crippen LogP contribution < -0.4 is 0 Å². The fourth-order valence-corrected chi connectivity index (χ4v) is 3.20. The zero-order valence-electron chi connectivity index (χ0n) is 12.5. The van der Waals surface area contributed by atoms with Gasteiger partial charge in [-0.05, 0) is 18.9 Å². The van der Waals surface area contributed by atoms with Crippen LogP contribution in [0.4, 0.5) is 0 Å². The van der Waals surface area contributed by atoms with Gasteiger partial charge in [-0.2, -0.15) is 5.10 Å². The predicted octanol–water partition coefficient (Wildman–Crippen LogP) is 1.91. The highest BCUT2D eigenvalue weighted by molar-refractivity contribution is 5.78. The van der Waals surface area contributed by atoms with E-state index in [0.29, 0.717) is 13.0 Å². The molecule has 0 atom stereocenters. The molecule has 1 heterocycles. The van der Waals surface area contributed by atoms with Crippen molar-refractivity contribution >= 4 is 11.9 Å². The number of carbonyl (C=O) groups excluding carboxylic acids is 1. The van der Waals surface area contributed by atoms with Gasteiger partial charge in [0.1, 0.15) is 0 Å². The molecule has 6 heteroatoms. The van der Waals surface area contributed by atoms with Crippen LogP contribution in [0.1, 0.15) is 44.9 Å². The molecule has 1 aromatic heterocycles. The van der Waals surface area contributed by atoms with Crippen molar-refractivity contribution in [2.24, 2.45) is 0 Å². The van der Waals surface area contributed by atoms with Crippen molar-refractivity contribution in [3.05, 3.63) is 18.5 Å². The number of hydrogen-bond acceptors (Lipinski definition) is 3. The normalized spacial score (nSPS) is 17.4. The Labute approximate surface area is 124 Å². The van der Waals surface area contributed by atoms with E-state index in [2.05, 4.69) is 5.10 Å². The molecule has 1 aliphatic carbocycles. The van der Waals surface area contributed by atoms with Crippen molar-refractivity contribution in [2.75, 3.05) is 7.05 Å².